The first-order valence-electron chi connectivity index (χ1n) is 23.7. The molecule has 7 aromatic carbocycles. The molecule has 0 atom stereocenters. The number of furan rings is 1. The van der Waals surface area contributed by atoms with Crippen LogP contribution in [0, 0.1) is 18.1 Å². The maximum absolute atomic E-state index is 6.19. The monoisotopic (exact) mass is 1100 g/mol. The summed E-state index contributed by atoms with van der Waals surface area (Å²) < 4.78 is 11.2. The minimum Gasteiger partial charge on any atom is -0.501 e. The Balaban J connectivity index is 0.000000180. The average Bonchev–Trinajstić information content (AvgIpc) is 4.02. The first-order valence-corrected chi connectivity index (χ1v) is 28.0. The fraction of sp³-hybridized carbons (Fsp3) is 0.213. The Hall–Kier alpha value is -5.95. The van der Waals surface area contributed by atoms with E-state index in [-0.39, 0.29) is 20.1 Å². The molecule has 0 bridgehead atoms. The van der Waals surface area contributed by atoms with Gasteiger partial charge in [0.15, 0.2) is 0 Å². The number of fused-ring (bicyclic) bond motifs is 7. The third kappa shape index (κ3) is 8.94. The van der Waals surface area contributed by atoms with Crippen LogP contribution in [0.5, 0.6) is 0 Å². The molecule has 11 rings (SSSR count). The fourth-order valence-electron chi connectivity index (χ4n) is 9.65. The molecule has 0 aliphatic carbocycles. The molecule has 0 spiro atoms. The summed E-state index contributed by atoms with van der Waals surface area (Å²) in [4.78, 5) is 10.1. The molecule has 4 heterocycles. The minimum absolute atomic E-state index is 0. The van der Waals surface area contributed by atoms with Crippen LogP contribution in [0.1, 0.15) is 70.1 Å². The van der Waals surface area contributed by atoms with Gasteiger partial charge in [-0.25, -0.2) is 0 Å². The molecule has 343 valence electrons. The van der Waals surface area contributed by atoms with E-state index in [0.717, 1.165) is 62.0 Å². The van der Waals surface area contributed by atoms with Crippen molar-refractivity contribution in [3.63, 3.8) is 0 Å². The number of pyridine rings is 1. The molecule has 1 radical (unpaired) electrons. The number of nitrogens with zero attached hydrogens (tertiary/aromatic N) is 3. The van der Waals surface area contributed by atoms with Gasteiger partial charge < -0.3 is 14.0 Å². The molecule has 4 aromatic heterocycles. The molecule has 0 aliphatic heterocycles. The molecule has 0 aliphatic rings. The normalized spacial score (nSPS) is 11.9. The Bertz CT molecular complexity index is 3560. The SMILES string of the molecule is CC(C)Cc1cc(-c2[c-]ccc3c2oc2ccccc23)ncc1[Si](C)(C)C.CC(C)c1cc(-c2ccccc2)cc(C(C)C)c1-n1c(-c2[c-]cc3sc4ccccc4c3c2)nc2ccccc21.[Ir]. The summed E-state index contributed by atoms with van der Waals surface area (Å²) in [6.45, 7) is 20.9. The van der Waals surface area contributed by atoms with Gasteiger partial charge in [-0.3, -0.25) is 4.98 Å². The van der Waals surface area contributed by atoms with E-state index in [1.807, 2.05) is 29.5 Å². The Morgan fingerprint density at radius 2 is 1.34 bits per heavy atom. The smallest absolute Gasteiger partial charge is 0.120 e. The maximum Gasteiger partial charge on any atom is 0.120 e. The van der Waals surface area contributed by atoms with E-state index in [1.165, 1.54) is 58.9 Å². The molecule has 0 unspecified atom stereocenters. The van der Waals surface area contributed by atoms with E-state index in [0.29, 0.717) is 17.8 Å². The summed E-state index contributed by atoms with van der Waals surface area (Å²) >= 11 is 1.82. The van der Waals surface area contributed by atoms with Crippen LogP contribution in [0.15, 0.2) is 156 Å². The predicted octanol–water partition coefficient (Wildman–Crippen LogP) is 17.0. The molecule has 0 amide bonds. The number of para-hydroxylation sites is 3. The molecule has 11 aromatic rings. The molecular formula is C61H57IrN3OSSi-2. The van der Waals surface area contributed by atoms with Gasteiger partial charge in [-0.1, -0.05) is 168 Å². The van der Waals surface area contributed by atoms with Gasteiger partial charge in [-0.15, -0.1) is 42.0 Å². The molecule has 7 heteroatoms. The summed E-state index contributed by atoms with van der Waals surface area (Å²) in [7, 11) is -1.44. The standard InChI is InChI=1S/C37H31N2S.C24H26NOSi.Ir/c1-23(2)29-21-27(25-12-6-5-7-13-25)22-30(24(3)4)36(29)39-33-16-10-9-15-32(33)38-37(39)26-18-19-35-31(20-26)28-14-8-11-17-34(28)40-35;1-16(2)13-17-14-21(25-15-23(17)27(3,4)5)20-11-8-10-19-18-9-6-7-12-22(18)26-24(19)20;/h5-17,19-24H,1-4H3;6-10,12,14-16H,13H2,1-5H3;/q2*-1;. The molecule has 0 saturated carbocycles. The number of rotatable bonds is 9. The minimum atomic E-state index is -1.44. The first kappa shape index (κ1) is 47.1. The topological polar surface area (TPSA) is 43.9 Å². The number of benzene rings is 7. The quantitative estimate of drug-likeness (QED) is 0.107. The van der Waals surface area contributed by atoms with E-state index < -0.39 is 8.07 Å². The van der Waals surface area contributed by atoms with Crippen molar-refractivity contribution in [3.05, 3.63) is 181 Å². The third-order valence-corrected chi connectivity index (χ3v) is 16.1. The Morgan fingerprint density at radius 1 is 0.662 bits per heavy atom. The van der Waals surface area contributed by atoms with Crippen LogP contribution in [0.3, 0.4) is 0 Å². The Labute approximate surface area is 419 Å². The van der Waals surface area contributed by atoms with Gasteiger partial charge >= 0.3 is 0 Å². The van der Waals surface area contributed by atoms with E-state index in [1.54, 1.807) is 0 Å². The van der Waals surface area contributed by atoms with Gasteiger partial charge in [0, 0.05) is 42.1 Å². The van der Waals surface area contributed by atoms with Crippen LogP contribution in [0.4, 0.5) is 0 Å². The van der Waals surface area contributed by atoms with E-state index in [2.05, 4.69) is 211 Å². The molecule has 68 heavy (non-hydrogen) atoms. The van der Waals surface area contributed by atoms with Crippen LogP contribution < -0.4 is 5.19 Å². The molecule has 0 fully saturated rings. The summed E-state index contributed by atoms with van der Waals surface area (Å²) in [5, 5.41) is 6.28. The van der Waals surface area contributed by atoms with Gasteiger partial charge in [-0.2, -0.15) is 11.3 Å². The summed E-state index contributed by atoms with van der Waals surface area (Å²) in [6.07, 6.45) is 3.18. The zero-order chi connectivity index (χ0) is 46.6. The van der Waals surface area contributed by atoms with Gasteiger partial charge in [0.25, 0.3) is 0 Å². The number of thiophene rings is 1. The molecule has 4 nitrogen and oxygen atoms in total. The van der Waals surface area contributed by atoms with Crippen molar-refractivity contribution in [3.8, 4) is 39.5 Å². The van der Waals surface area contributed by atoms with Crippen molar-refractivity contribution < 1.29 is 24.5 Å². The van der Waals surface area contributed by atoms with Crippen molar-refractivity contribution in [2.24, 2.45) is 5.92 Å². The molecular weight excluding hydrogens is 1040 g/mol. The second-order valence-corrected chi connectivity index (χ2v) is 26.1. The second-order valence-electron chi connectivity index (χ2n) is 19.9. The average molecular weight is 1100 g/mol. The zero-order valence-electron chi connectivity index (χ0n) is 40.4. The van der Waals surface area contributed by atoms with Crippen LogP contribution in [0.2, 0.25) is 19.6 Å². The van der Waals surface area contributed by atoms with Crippen molar-refractivity contribution in [2.45, 2.75) is 79.4 Å². The van der Waals surface area contributed by atoms with Gasteiger partial charge in [-0.05, 0) is 104 Å². The number of hydrogen-bond acceptors (Lipinski definition) is 4. The number of hydrogen-bond donors (Lipinski definition) is 0. The third-order valence-electron chi connectivity index (χ3n) is 12.9. The van der Waals surface area contributed by atoms with Crippen LogP contribution in [0.25, 0.3) is 92.6 Å². The second kappa shape index (κ2) is 19.2. The fourth-order valence-corrected chi connectivity index (χ4v) is 12.3. The Kier molecular flexibility index (Phi) is 13.3. The molecule has 0 N–H and O–H groups in total. The van der Waals surface area contributed by atoms with Crippen molar-refractivity contribution >= 4 is 77.7 Å². The number of aromatic nitrogens is 3. The summed E-state index contributed by atoms with van der Waals surface area (Å²) in [5.41, 5.74) is 14.7. The number of imidazole rings is 1. The van der Waals surface area contributed by atoms with Crippen LogP contribution in [-0.2, 0) is 26.5 Å². The van der Waals surface area contributed by atoms with Crippen LogP contribution in [-0.4, -0.2) is 22.6 Å². The Morgan fingerprint density at radius 3 is 2.06 bits per heavy atom. The zero-order valence-corrected chi connectivity index (χ0v) is 44.6. The van der Waals surface area contributed by atoms with E-state index in [4.69, 9.17) is 14.4 Å². The van der Waals surface area contributed by atoms with Crippen molar-refractivity contribution in [1.29, 1.82) is 0 Å². The first-order chi connectivity index (χ1) is 32.3. The van der Waals surface area contributed by atoms with Crippen molar-refractivity contribution in [1.82, 2.24) is 14.5 Å². The molecule has 0 saturated heterocycles. The van der Waals surface area contributed by atoms with Gasteiger partial charge in [0.05, 0.1) is 30.5 Å². The van der Waals surface area contributed by atoms with Crippen molar-refractivity contribution in [2.75, 3.05) is 0 Å². The largest absolute Gasteiger partial charge is 0.501 e. The maximum atomic E-state index is 6.19. The summed E-state index contributed by atoms with van der Waals surface area (Å²) in [6, 6.07) is 58.6. The van der Waals surface area contributed by atoms with Gasteiger partial charge in [0.1, 0.15) is 5.58 Å². The van der Waals surface area contributed by atoms with E-state index >= 15 is 0 Å². The van der Waals surface area contributed by atoms with Gasteiger partial charge in [0.2, 0.25) is 0 Å². The van der Waals surface area contributed by atoms with Crippen LogP contribution >= 0.6 is 11.3 Å². The summed E-state index contributed by atoms with van der Waals surface area (Å²) in [5.74, 6) is 2.21. The van der Waals surface area contributed by atoms with E-state index in [9.17, 15) is 0 Å². The predicted molar refractivity (Wildman–Crippen MR) is 289 cm³/mol.